The largest absolute Gasteiger partial charge is 0.496 e. The van der Waals surface area contributed by atoms with Gasteiger partial charge in [0.05, 0.1) is 42.7 Å². The smallest absolute Gasteiger partial charge is 0.189 e. The van der Waals surface area contributed by atoms with E-state index < -0.39 is 8.07 Å². The van der Waals surface area contributed by atoms with Crippen molar-refractivity contribution in [2.45, 2.75) is 48.5 Å². The number of ether oxygens (including phenoxy) is 6. The van der Waals surface area contributed by atoms with Crippen LogP contribution >= 0.6 is 0 Å². The molecule has 0 fully saturated rings. The van der Waals surface area contributed by atoms with Gasteiger partial charge in [-0.25, -0.2) is 0 Å². The minimum Gasteiger partial charge on any atom is -0.496 e. The van der Waals surface area contributed by atoms with Crippen molar-refractivity contribution in [1.82, 2.24) is 0 Å². The second kappa shape index (κ2) is 12.4. The molecule has 0 spiro atoms. The molecule has 3 aromatic rings. The molecule has 0 N–H and O–H groups in total. The van der Waals surface area contributed by atoms with Gasteiger partial charge in [0.2, 0.25) is 0 Å². The minimum atomic E-state index is -3.30. The Balaban J connectivity index is 2.43. The van der Waals surface area contributed by atoms with Crippen LogP contribution in [0.1, 0.15) is 44.4 Å². The van der Waals surface area contributed by atoms with E-state index in [1.165, 1.54) is 21.9 Å². The quantitative estimate of drug-likeness (QED) is 0.210. The summed E-state index contributed by atoms with van der Waals surface area (Å²) < 4.78 is 36.4. The normalized spacial score (nSPS) is 15.1. The topological polar surface area (TPSA) is 55.4 Å². The highest BCUT2D eigenvalue weighted by Crippen LogP contribution is 2.45. The Morgan fingerprint density at radius 2 is 0.791 bits per heavy atom. The lowest BCUT2D eigenvalue weighted by molar-refractivity contribution is 0.389. The molecule has 0 saturated heterocycles. The second-order valence-electron chi connectivity index (χ2n) is 11.2. The molecule has 1 unspecified atom stereocenters. The Morgan fingerprint density at radius 1 is 0.465 bits per heavy atom. The highest BCUT2D eigenvalue weighted by molar-refractivity contribution is 7.17. The van der Waals surface area contributed by atoms with E-state index in [1.54, 1.807) is 42.7 Å². The van der Waals surface area contributed by atoms with E-state index in [2.05, 4.69) is 84.9 Å². The van der Waals surface area contributed by atoms with Crippen LogP contribution in [0.4, 0.5) is 0 Å². The summed E-state index contributed by atoms with van der Waals surface area (Å²) in [5.74, 6) is 4.88. The van der Waals surface area contributed by atoms with Crippen LogP contribution in [0.15, 0.2) is 58.3 Å². The maximum Gasteiger partial charge on any atom is 0.189 e. The number of hydrogen-bond acceptors (Lipinski definition) is 6. The molecule has 43 heavy (non-hydrogen) atoms. The van der Waals surface area contributed by atoms with E-state index >= 15 is 0 Å². The van der Waals surface area contributed by atoms with Gasteiger partial charge < -0.3 is 28.4 Å². The Hall–Kier alpha value is -3.84. The predicted molar refractivity (Wildman–Crippen MR) is 178 cm³/mol. The maximum atomic E-state index is 6.34. The molecule has 1 aliphatic carbocycles. The summed E-state index contributed by atoms with van der Waals surface area (Å²) in [5, 5.41) is 4.67. The first-order valence-corrected chi connectivity index (χ1v) is 16.6. The first kappa shape index (κ1) is 32.1. The summed E-state index contributed by atoms with van der Waals surface area (Å²) in [6.45, 7) is 15.2. The molecule has 0 saturated carbocycles. The molecule has 0 radical (unpaired) electrons. The molecule has 1 aliphatic rings. The molecule has 0 aromatic heterocycles. The molecule has 6 nitrogen and oxygen atoms in total. The van der Waals surface area contributed by atoms with E-state index in [4.69, 9.17) is 28.4 Å². The van der Waals surface area contributed by atoms with E-state index in [9.17, 15) is 0 Å². The first-order chi connectivity index (χ1) is 20.5. The number of rotatable bonds is 10. The zero-order valence-corrected chi connectivity index (χ0v) is 29.0. The van der Waals surface area contributed by atoms with Gasteiger partial charge in [-0.15, -0.1) is 0 Å². The van der Waals surface area contributed by atoms with E-state index in [0.717, 1.165) is 66.7 Å². The van der Waals surface area contributed by atoms with Crippen molar-refractivity contribution in [2.24, 2.45) is 5.92 Å². The van der Waals surface area contributed by atoms with Crippen molar-refractivity contribution in [2.75, 3.05) is 42.7 Å². The van der Waals surface area contributed by atoms with Crippen LogP contribution in [0.5, 0.6) is 34.5 Å². The lowest BCUT2D eigenvalue weighted by atomic mass is 10.1. The van der Waals surface area contributed by atoms with Crippen molar-refractivity contribution < 1.29 is 28.4 Å². The van der Waals surface area contributed by atoms with Crippen molar-refractivity contribution in [3.05, 3.63) is 75.0 Å². The van der Waals surface area contributed by atoms with Crippen molar-refractivity contribution >= 4 is 23.6 Å². The number of allylic oxidation sites excluding steroid dienone is 4. The van der Waals surface area contributed by atoms with Gasteiger partial charge >= 0.3 is 0 Å². The van der Waals surface area contributed by atoms with E-state index in [0.29, 0.717) is 0 Å². The van der Waals surface area contributed by atoms with Gasteiger partial charge in [-0.1, -0.05) is 41.5 Å². The predicted octanol–water partition coefficient (Wildman–Crippen LogP) is 5.98. The van der Waals surface area contributed by atoms with Crippen molar-refractivity contribution in [3.63, 3.8) is 0 Å². The fourth-order valence-corrected chi connectivity index (χ4v) is 13.4. The zero-order chi connectivity index (χ0) is 31.8. The van der Waals surface area contributed by atoms with Crippen LogP contribution in [-0.2, 0) is 0 Å². The lowest BCUT2D eigenvalue weighted by Crippen LogP contribution is -2.70. The molecule has 1 atom stereocenters. The summed E-state index contributed by atoms with van der Waals surface area (Å²) in [6, 6.07) is 12.7. The molecule has 230 valence electrons. The highest BCUT2D eigenvalue weighted by atomic mass is 28.3. The summed E-state index contributed by atoms with van der Waals surface area (Å²) in [6.07, 6.45) is 0. The number of benzene rings is 3. The average molecular weight is 603 g/mol. The molecule has 3 aromatic carbocycles. The SMILES string of the molecule is COc1ccc([Si](C2=C(C)C(C)=C(C)C2C)(c2ccc(OC)c(C)c2OC)c2ccc(OC)c(C)c2OC)c(OC)c1C. The van der Waals surface area contributed by atoms with Gasteiger partial charge in [0.15, 0.2) is 8.07 Å². The van der Waals surface area contributed by atoms with Crippen LogP contribution in [0.25, 0.3) is 0 Å². The lowest BCUT2D eigenvalue weighted by Gasteiger charge is -2.41. The fourth-order valence-electron chi connectivity index (χ4n) is 7.20. The van der Waals surface area contributed by atoms with Crippen LogP contribution < -0.4 is 44.0 Å². The molecule has 0 heterocycles. The molecule has 0 bridgehead atoms. The monoisotopic (exact) mass is 602 g/mol. The average Bonchev–Trinajstić information content (AvgIpc) is 3.20. The Bertz CT molecular complexity index is 1470. The van der Waals surface area contributed by atoms with Gasteiger partial charge in [0.1, 0.15) is 34.5 Å². The van der Waals surface area contributed by atoms with Gasteiger partial charge in [-0.2, -0.15) is 0 Å². The number of methoxy groups -OCH3 is 6. The van der Waals surface area contributed by atoms with Crippen LogP contribution in [0, 0.1) is 26.7 Å². The van der Waals surface area contributed by atoms with Crippen molar-refractivity contribution in [1.29, 1.82) is 0 Å². The third-order valence-electron chi connectivity index (χ3n) is 9.60. The minimum absolute atomic E-state index is 0.165. The van der Waals surface area contributed by atoms with E-state index in [1.807, 2.05) is 0 Å². The van der Waals surface area contributed by atoms with Gasteiger partial charge in [-0.05, 0) is 86.8 Å². The van der Waals surface area contributed by atoms with Crippen molar-refractivity contribution in [3.8, 4) is 34.5 Å². The van der Waals surface area contributed by atoms with Crippen LogP contribution in [-0.4, -0.2) is 50.7 Å². The fraction of sp³-hybridized carbons (Fsp3) is 0.389. The molecular weight excluding hydrogens is 556 g/mol. The zero-order valence-electron chi connectivity index (χ0n) is 28.0. The summed E-state index contributed by atoms with van der Waals surface area (Å²) in [4.78, 5) is 0. The Labute approximate surface area is 258 Å². The van der Waals surface area contributed by atoms with Gasteiger partial charge in [-0.3, -0.25) is 0 Å². The van der Waals surface area contributed by atoms with Gasteiger partial charge in [0.25, 0.3) is 0 Å². The Kier molecular flexibility index (Phi) is 9.26. The molecule has 7 heteroatoms. The van der Waals surface area contributed by atoms with Crippen LogP contribution in [0.2, 0.25) is 0 Å². The summed E-state index contributed by atoms with van der Waals surface area (Å²) >= 11 is 0. The van der Waals surface area contributed by atoms with Crippen LogP contribution in [0.3, 0.4) is 0 Å². The molecule has 4 rings (SSSR count). The third-order valence-corrected chi connectivity index (χ3v) is 14.8. The van der Waals surface area contributed by atoms with E-state index in [-0.39, 0.29) is 5.92 Å². The van der Waals surface area contributed by atoms with Gasteiger partial charge in [0, 0.05) is 16.7 Å². The molecule has 0 aliphatic heterocycles. The maximum absolute atomic E-state index is 6.34. The number of hydrogen-bond donors (Lipinski definition) is 0. The summed E-state index contributed by atoms with van der Waals surface area (Å²) in [5.41, 5.74) is 6.80. The highest BCUT2D eigenvalue weighted by Gasteiger charge is 2.53. The Morgan fingerprint density at radius 3 is 1.02 bits per heavy atom. The molecular formula is C36H46O6Si. The first-order valence-electron chi connectivity index (χ1n) is 14.6. The molecule has 0 amide bonds. The third kappa shape index (κ3) is 4.69. The standard InChI is InChI=1S/C36H46O6Si/c1-20-21(2)23(4)36(22(20)3)43(30-17-14-27(37-8)24(5)33(30)40-11,31-18-15-28(38-9)25(6)34(31)41-12)32-19-16-29(39-10)26(7)35(32)42-13/h14-19,22H,1-13H3. The second-order valence-corrected chi connectivity index (χ2v) is 14.9. The summed E-state index contributed by atoms with van der Waals surface area (Å²) in [7, 11) is 7.01.